The van der Waals surface area contributed by atoms with Crippen molar-refractivity contribution >= 4 is 0 Å². The molecule has 1 aromatic carbocycles. The molecule has 0 amide bonds. The van der Waals surface area contributed by atoms with Crippen LogP contribution in [0.15, 0.2) is 24.3 Å². The van der Waals surface area contributed by atoms with Crippen LogP contribution in [-0.4, -0.2) is 18.3 Å². The van der Waals surface area contributed by atoms with Crippen LogP contribution >= 0.6 is 0 Å². The highest BCUT2D eigenvalue weighted by molar-refractivity contribution is 5.26. The topological polar surface area (TPSA) is 46.2 Å². The third kappa shape index (κ3) is 2.80. The van der Waals surface area contributed by atoms with Crippen LogP contribution in [0, 0.1) is 5.82 Å². The van der Waals surface area contributed by atoms with Crippen molar-refractivity contribution in [1.82, 2.24) is 0 Å². The second-order valence-corrected chi connectivity index (χ2v) is 4.25. The van der Waals surface area contributed by atoms with E-state index in [0.717, 1.165) is 24.8 Å². The van der Waals surface area contributed by atoms with Gasteiger partial charge in [-0.1, -0.05) is 31.9 Å². The minimum Gasteiger partial charge on any atom is -0.395 e. The minimum absolute atomic E-state index is 0.00906. The second kappa shape index (κ2) is 5.97. The van der Waals surface area contributed by atoms with Crippen molar-refractivity contribution in [2.45, 2.75) is 31.6 Å². The number of hydrogen-bond acceptors (Lipinski definition) is 2. The molecule has 0 bridgehead atoms. The lowest BCUT2D eigenvalue weighted by atomic mass is 9.77. The summed E-state index contributed by atoms with van der Waals surface area (Å²) in [5.41, 5.74) is 6.29. The maximum Gasteiger partial charge on any atom is 0.123 e. The Morgan fingerprint density at radius 1 is 1.31 bits per heavy atom. The summed E-state index contributed by atoms with van der Waals surface area (Å²) in [6, 6.07) is 6.27. The smallest absolute Gasteiger partial charge is 0.123 e. The number of aliphatic hydroxyl groups excluding tert-OH is 1. The SMILES string of the molecule is CCCCC(CN)(CO)c1ccc(F)cc1. The largest absolute Gasteiger partial charge is 0.395 e. The molecular formula is C13H20FNO. The second-order valence-electron chi connectivity index (χ2n) is 4.25. The molecule has 0 saturated carbocycles. The van der Waals surface area contributed by atoms with E-state index >= 15 is 0 Å². The number of nitrogens with two attached hydrogens (primary N) is 1. The molecule has 1 atom stereocenters. The average molecular weight is 225 g/mol. The molecule has 0 spiro atoms. The molecule has 3 N–H and O–H groups in total. The van der Waals surface area contributed by atoms with Crippen LogP contribution in [-0.2, 0) is 5.41 Å². The molecular weight excluding hydrogens is 205 g/mol. The molecule has 3 heteroatoms. The molecule has 16 heavy (non-hydrogen) atoms. The van der Waals surface area contributed by atoms with Crippen molar-refractivity contribution in [1.29, 1.82) is 0 Å². The van der Waals surface area contributed by atoms with Gasteiger partial charge in [-0.2, -0.15) is 0 Å². The average Bonchev–Trinajstić information content (AvgIpc) is 2.33. The Morgan fingerprint density at radius 3 is 2.38 bits per heavy atom. The zero-order chi connectivity index (χ0) is 12.0. The Labute approximate surface area is 96.3 Å². The fraction of sp³-hybridized carbons (Fsp3) is 0.538. The van der Waals surface area contributed by atoms with Gasteiger partial charge in [0.25, 0.3) is 0 Å². The Balaban J connectivity index is 2.95. The van der Waals surface area contributed by atoms with E-state index in [0.29, 0.717) is 6.54 Å². The van der Waals surface area contributed by atoms with E-state index in [-0.39, 0.29) is 12.4 Å². The van der Waals surface area contributed by atoms with Gasteiger partial charge >= 0.3 is 0 Å². The van der Waals surface area contributed by atoms with Gasteiger partial charge in [0, 0.05) is 12.0 Å². The Morgan fingerprint density at radius 2 is 1.94 bits per heavy atom. The molecule has 0 aliphatic rings. The predicted molar refractivity (Wildman–Crippen MR) is 63.7 cm³/mol. The van der Waals surface area contributed by atoms with E-state index in [1.165, 1.54) is 12.1 Å². The first-order valence-electron chi connectivity index (χ1n) is 5.75. The van der Waals surface area contributed by atoms with Crippen molar-refractivity contribution in [3.8, 4) is 0 Å². The number of rotatable bonds is 6. The highest BCUT2D eigenvalue weighted by Gasteiger charge is 2.29. The Kier molecular flexibility index (Phi) is 4.90. The van der Waals surface area contributed by atoms with Crippen LogP contribution in [0.2, 0.25) is 0 Å². The van der Waals surface area contributed by atoms with Crippen molar-refractivity contribution in [3.05, 3.63) is 35.6 Å². The van der Waals surface area contributed by atoms with Crippen LogP contribution in [0.5, 0.6) is 0 Å². The Bertz CT molecular complexity index is 306. The zero-order valence-electron chi connectivity index (χ0n) is 9.75. The molecule has 0 aromatic heterocycles. The lowest BCUT2D eigenvalue weighted by Crippen LogP contribution is -2.38. The quantitative estimate of drug-likeness (QED) is 0.779. The molecule has 0 aliphatic heterocycles. The zero-order valence-corrected chi connectivity index (χ0v) is 9.75. The summed E-state index contributed by atoms with van der Waals surface area (Å²) in [6.45, 7) is 2.49. The van der Waals surface area contributed by atoms with Crippen LogP contribution in [0.25, 0.3) is 0 Å². The van der Waals surface area contributed by atoms with Crippen molar-refractivity contribution in [2.24, 2.45) is 5.73 Å². The summed E-state index contributed by atoms with van der Waals surface area (Å²) >= 11 is 0. The van der Waals surface area contributed by atoms with Crippen molar-refractivity contribution in [3.63, 3.8) is 0 Å². The van der Waals surface area contributed by atoms with Gasteiger partial charge < -0.3 is 10.8 Å². The number of aliphatic hydroxyl groups is 1. The van der Waals surface area contributed by atoms with Gasteiger partial charge in [0.1, 0.15) is 5.82 Å². The number of hydrogen-bond donors (Lipinski definition) is 2. The number of benzene rings is 1. The molecule has 1 rings (SSSR count). The molecule has 2 nitrogen and oxygen atoms in total. The fourth-order valence-corrected chi connectivity index (χ4v) is 1.92. The first-order valence-corrected chi connectivity index (χ1v) is 5.75. The maximum atomic E-state index is 12.8. The van der Waals surface area contributed by atoms with E-state index in [1.807, 2.05) is 0 Å². The van der Waals surface area contributed by atoms with E-state index in [4.69, 9.17) is 5.73 Å². The van der Waals surface area contributed by atoms with Crippen LogP contribution in [0.1, 0.15) is 31.7 Å². The van der Waals surface area contributed by atoms with Gasteiger partial charge in [-0.05, 0) is 24.1 Å². The van der Waals surface area contributed by atoms with E-state index in [9.17, 15) is 9.50 Å². The van der Waals surface area contributed by atoms with Gasteiger partial charge in [0.15, 0.2) is 0 Å². The normalized spacial score (nSPS) is 14.8. The fourth-order valence-electron chi connectivity index (χ4n) is 1.92. The highest BCUT2D eigenvalue weighted by atomic mass is 19.1. The molecule has 0 aliphatic carbocycles. The molecule has 0 heterocycles. The van der Waals surface area contributed by atoms with Gasteiger partial charge in [-0.25, -0.2) is 4.39 Å². The first-order chi connectivity index (χ1) is 7.68. The molecule has 1 unspecified atom stereocenters. The third-order valence-corrected chi connectivity index (χ3v) is 3.16. The third-order valence-electron chi connectivity index (χ3n) is 3.16. The first kappa shape index (κ1) is 13.1. The van der Waals surface area contributed by atoms with Crippen LogP contribution < -0.4 is 5.73 Å². The van der Waals surface area contributed by atoms with Crippen LogP contribution in [0.4, 0.5) is 4.39 Å². The van der Waals surface area contributed by atoms with Gasteiger partial charge in [0.05, 0.1) is 6.61 Å². The van der Waals surface area contributed by atoms with E-state index < -0.39 is 5.41 Å². The molecule has 90 valence electrons. The summed E-state index contributed by atoms with van der Waals surface area (Å²) in [5.74, 6) is -0.261. The van der Waals surface area contributed by atoms with Crippen molar-refractivity contribution < 1.29 is 9.50 Å². The van der Waals surface area contributed by atoms with Crippen molar-refractivity contribution in [2.75, 3.05) is 13.2 Å². The predicted octanol–water partition coefficient (Wildman–Crippen LogP) is 2.20. The monoisotopic (exact) mass is 225 g/mol. The number of unbranched alkanes of at least 4 members (excludes halogenated alkanes) is 1. The summed E-state index contributed by atoms with van der Waals surface area (Å²) in [5, 5.41) is 9.55. The minimum atomic E-state index is -0.413. The van der Waals surface area contributed by atoms with Gasteiger partial charge in [-0.3, -0.25) is 0 Å². The molecule has 0 fully saturated rings. The lowest BCUT2D eigenvalue weighted by molar-refractivity contribution is 0.185. The highest BCUT2D eigenvalue weighted by Crippen LogP contribution is 2.28. The van der Waals surface area contributed by atoms with Gasteiger partial charge in [0.2, 0.25) is 0 Å². The van der Waals surface area contributed by atoms with E-state index in [1.54, 1.807) is 12.1 Å². The van der Waals surface area contributed by atoms with E-state index in [2.05, 4.69) is 6.92 Å². The summed E-state index contributed by atoms with van der Waals surface area (Å²) in [4.78, 5) is 0. The number of halogens is 1. The molecule has 1 aromatic rings. The summed E-state index contributed by atoms with van der Waals surface area (Å²) in [7, 11) is 0. The maximum absolute atomic E-state index is 12.8. The standard InChI is InChI=1S/C13H20FNO/c1-2-3-8-13(9-15,10-16)11-4-6-12(14)7-5-11/h4-7,16H,2-3,8-10,15H2,1H3. The molecule has 0 radical (unpaired) electrons. The lowest BCUT2D eigenvalue weighted by Gasteiger charge is -2.31. The molecule has 0 saturated heterocycles. The Hall–Kier alpha value is -0.930. The van der Waals surface area contributed by atoms with Crippen LogP contribution in [0.3, 0.4) is 0 Å². The summed E-state index contributed by atoms with van der Waals surface area (Å²) in [6.07, 6.45) is 2.90. The summed E-state index contributed by atoms with van der Waals surface area (Å²) < 4.78 is 12.8. The van der Waals surface area contributed by atoms with Gasteiger partial charge in [-0.15, -0.1) is 0 Å².